The number of aryl methyl sites for hydroxylation is 1. The Balaban J connectivity index is 2.16. The Hall–Kier alpha value is -3.77. The summed E-state index contributed by atoms with van der Waals surface area (Å²) in [5.41, 5.74) is -3.01. The normalized spacial score (nSPS) is 12.5. The maximum Gasteiger partial charge on any atom is 0.425 e. The van der Waals surface area contributed by atoms with Crippen LogP contribution in [0, 0.1) is 17.5 Å². The first kappa shape index (κ1) is 25.8. The largest absolute Gasteiger partial charge is 0.480 e. The zero-order valence-electron chi connectivity index (χ0n) is 18.7. The van der Waals surface area contributed by atoms with Crippen molar-refractivity contribution < 1.29 is 35.9 Å². The summed E-state index contributed by atoms with van der Waals surface area (Å²) in [7, 11) is 0. The molecule has 0 spiro atoms. The molecule has 7 nitrogen and oxygen atoms in total. The number of hydrogen-bond donors (Lipinski definition) is 1. The highest BCUT2D eigenvalue weighted by atomic mass is 19.4. The Labute approximate surface area is 194 Å². The van der Waals surface area contributed by atoms with Crippen LogP contribution in [-0.2, 0) is 13.0 Å². The van der Waals surface area contributed by atoms with Crippen LogP contribution >= 0.6 is 0 Å². The second-order valence-corrected chi connectivity index (χ2v) is 7.36. The van der Waals surface area contributed by atoms with Crippen LogP contribution in [0.4, 0.5) is 32.0 Å². The minimum absolute atomic E-state index is 0.201. The van der Waals surface area contributed by atoms with E-state index in [1.54, 1.807) is 13.8 Å². The molecule has 13 heteroatoms. The molecule has 3 rings (SSSR count). The molecule has 35 heavy (non-hydrogen) atoms. The van der Waals surface area contributed by atoms with Gasteiger partial charge < -0.3 is 10.1 Å². The second-order valence-electron chi connectivity index (χ2n) is 7.36. The first-order valence-electron chi connectivity index (χ1n) is 10.4. The smallest absolute Gasteiger partial charge is 0.425 e. The average molecular weight is 502 g/mol. The van der Waals surface area contributed by atoms with E-state index in [4.69, 9.17) is 4.74 Å². The van der Waals surface area contributed by atoms with Crippen molar-refractivity contribution in [3.8, 4) is 11.4 Å². The molecule has 0 aliphatic rings. The topological polar surface area (TPSA) is 78.2 Å². The van der Waals surface area contributed by atoms with E-state index in [1.807, 2.05) is 5.32 Å². The number of anilines is 1. The third-order valence-electron chi connectivity index (χ3n) is 5.06. The molecule has 0 saturated heterocycles. The average Bonchev–Trinajstić information content (AvgIpc) is 3.11. The zero-order valence-corrected chi connectivity index (χ0v) is 18.7. The second kappa shape index (κ2) is 9.84. The van der Waals surface area contributed by atoms with E-state index in [0.29, 0.717) is 36.0 Å². The van der Waals surface area contributed by atoms with Gasteiger partial charge in [0.15, 0.2) is 6.10 Å². The third-order valence-corrected chi connectivity index (χ3v) is 5.06. The van der Waals surface area contributed by atoms with E-state index in [-0.39, 0.29) is 6.54 Å². The summed E-state index contributed by atoms with van der Waals surface area (Å²) in [6.07, 6.45) is -7.01. The number of rotatable bonds is 7. The lowest BCUT2D eigenvalue weighted by Crippen LogP contribution is -2.32. The fraction of sp³-hybridized carbons (Fsp3) is 0.318. The number of aromatic nitrogens is 3. The van der Waals surface area contributed by atoms with Gasteiger partial charge in [0.05, 0.1) is 5.56 Å². The van der Waals surface area contributed by atoms with E-state index < -0.39 is 64.0 Å². The molecule has 1 amide bonds. The lowest BCUT2D eigenvalue weighted by atomic mass is 10.1. The highest BCUT2D eigenvalue weighted by Gasteiger charge is 2.39. The fourth-order valence-electron chi connectivity index (χ4n) is 3.21. The van der Waals surface area contributed by atoms with Crippen molar-refractivity contribution in [2.24, 2.45) is 0 Å². The van der Waals surface area contributed by atoms with E-state index in [1.165, 1.54) is 4.57 Å². The molecule has 0 bridgehead atoms. The maximum atomic E-state index is 15.1. The number of hydrogen-bond acceptors (Lipinski definition) is 4. The lowest BCUT2D eigenvalue weighted by Gasteiger charge is -2.20. The fourth-order valence-corrected chi connectivity index (χ4v) is 3.21. The van der Waals surface area contributed by atoms with E-state index in [0.717, 1.165) is 18.2 Å². The predicted molar refractivity (Wildman–Crippen MR) is 113 cm³/mol. The van der Waals surface area contributed by atoms with Crippen LogP contribution in [0.5, 0.6) is 5.75 Å². The number of amides is 1. The number of alkyl halides is 3. The molecule has 0 aliphatic carbocycles. The first-order valence-corrected chi connectivity index (χ1v) is 10.4. The Bertz CT molecular complexity index is 1300. The molecule has 0 saturated carbocycles. The highest BCUT2D eigenvalue weighted by molar-refractivity contribution is 6.06. The third kappa shape index (κ3) is 5.17. The zero-order chi connectivity index (χ0) is 26.1. The summed E-state index contributed by atoms with van der Waals surface area (Å²) in [5.74, 6) is -5.36. The summed E-state index contributed by atoms with van der Waals surface area (Å²) in [6.45, 7) is 4.20. The molecule has 2 aromatic carbocycles. The predicted octanol–water partition coefficient (Wildman–Crippen LogP) is 4.62. The molecule has 3 aromatic rings. The van der Waals surface area contributed by atoms with Gasteiger partial charge in [0.2, 0.25) is 0 Å². The Kier molecular flexibility index (Phi) is 7.27. The van der Waals surface area contributed by atoms with E-state index in [9.17, 15) is 31.5 Å². The van der Waals surface area contributed by atoms with Gasteiger partial charge in [-0.25, -0.2) is 18.0 Å². The van der Waals surface area contributed by atoms with Crippen LogP contribution in [0.25, 0.3) is 5.69 Å². The summed E-state index contributed by atoms with van der Waals surface area (Å²) in [5, 5.41) is 5.89. The molecular weight excluding hydrogens is 482 g/mol. The van der Waals surface area contributed by atoms with Gasteiger partial charge in [-0.2, -0.15) is 17.9 Å². The van der Waals surface area contributed by atoms with Crippen molar-refractivity contribution in [2.45, 2.75) is 46.0 Å². The molecule has 0 aliphatic heterocycles. The molecule has 0 fully saturated rings. The van der Waals surface area contributed by atoms with Crippen LogP contribution < -0.4 is 15.7 Å². The monoisotopic (exact) mass is 502 g/mol. The van der Waals surface area contributed by atoms with Gasteiger partial charge in [-0.15, -0.1) is 5.10 Å². The van der Waals surface area contributed by atoms with Gasteiger partial charge in [0.25, 0.3) is 5.91 Å². The SMILES string of the molecule is CCc1nn(-c2cc(O[C@@H](C)C(F)(F)F)c(C(=O)Nc3c(F)cccc3F)cc2F)c(=O)n1CC. The van der Waals surface area contributed by atoms with Crippen molar-refractivity contribution in [1.29, 1.82) is 0 Å². The number of ether oxygens (including phenoxy) is 1. The van der Waals surface area contributed by atoms with Crippen molar-refractivity contribution in [1.82, 2.24) is 14.3 Å². The molecular formula is C22H20F6N4O3. The van der Waals surface area contributed by atoms with Crippen molar-refractivity contribution in [3.05, 3.63) is 69.7 Å². The lowest BCUT2D eigenvalue weighted by molar-refractivity contribution is -0.189. The van der Waals surface area contributed by atoms with Gasteiger partial charge in [-0.05, 0) is 32.0 Å². The van der Waals surface area contributed by atoms with E-state index in [2.05, 4.69) is 5.10 Å². The number of carbonyl (C=O) groups excluding carboxylic acids is 1. The van der Waals surface area contributed by atoms with Crippen molar-refractivity contribution in [3.63, 3.8) is 0 Å². The molecule has 1 heterocycles. The van der Waals surface area contributed by atoms with Crippen molar-refractivity contribution in [2.75, 3.05) is 5.32 Å². The van der Waals surface area contributed by atoms with Crippen LogP contribution in [0.2, 0.25) is 0 Å². The molecule has 188 valence electrons. The Morgan fingerprint density at radius 3 is 2.26 bits per heavy atom. The summed E-state index contributed by atoms with van der Waals surface area (Å²) < 4.78 is 89.2. The summed E-state index contributed by atoms with van der Waals surface area (Å²) in [6, 6.07) is 3.93. The van der Waals surface area contributed by atoms with Crippen LogP contribution in [0.15, 0.2) is 35.1 Å². The highest BCUT2D eigenvalue weighted by Crippen LogP contribution is 2.31. The number of nitrogens with zero attached hydrogens (tertiary/aromatic N) is 3. The quantitative estimate of drug-likeness (QED) is 0.479. The number of benzene rings is 2. The minimum atomic E-state index is -4.87. The molecule has 1 aromatic heterocycles. The maximum absolute atomic E-state index is 15.1. The van der Waals surface area contributed by atoms with Gasteiger partial charge >= 0.3 is 11.9 Å². The van der Waals surface area contributed by atoms with Crippen LogP contribution in [-0.4, -0.2) is 32.5 Å². The minimum Gasteiger partial charge on any atom is -0.480 e. The van der Waals surface area contributed by atoms with Gasteiger partial charge in [-0.3, -0.25) is 9.36 Å². The Morgan fingerprint density at radius 2 is 1.74 bits per heavy atom. The summed E-state index contributed by atoms with van der Waals surface area (Å²) >= 11 is 0. The van der Waals surface area contributed by atoms with Crippen LogP contribution in [0.1, 0.15) is 37.0 Å². The van der Waals surface area contributed by atoms with Crippen LogP contribution in [0.3, 0.4) is 0 Å². The summed E-state index contributed by atoms with van der Waals surface area (Å²) in [4.78, 5) is 25.4. The molecule has 0 unspecified atom stereocenters. The van der Waals surface area contributed by atoms with Crippen molar-refractivity contribution >= 4 is 11.6 Å². The molecule has 0 radical (unpaired) electrons. The Morgan fingerprint density at radius 1 is 1.11 bits per heavy atom. The number of nitrogens with one attached hydrogen (secondary N) is 1. The molecule has 1 N–H and O–H groups in total. The first-order chi connectivity index (χ1) is 16.4. The van der Waals surface area contributed by atoms with Gasteiger partial charge in [-0.1, -0.05) is 13.0 Å². The number of para-hydroxylation sites is 1. The number of carbonyl (C=O) groups is 1. The van der Waals surface area contributed by atoms with Gasteiger partial charge in [0.1, 0.15) is 40.4 Å². The standard InChI is InChI=1S/C22H20F6N4O3/c1-4-18-30-32(21(34)31(18)5-2)16-10-17(35-11(3)22(26,27)28)12(9-15(16)25)20(33)29-19-13(23)7-6-8-14(19)24/h6-11H,4-5H2,1-3H3,(H,29,33)/t11-/m0/s1. The van der Waals surface area contributed by atoms with E-state index >= 15 is 4.39 Å². The number of halogens is 6. The molecule has 1 atom stereocenters. The van der Waals surface area contributed by atoms with Gasteiger partial charge in [0, 0.05) is 19.0 Å².